The summed E-state index contributed by atoms with van der Waals surface area (Å²) in [6.45, 7) is 0. The van der Waals surface area contributed by atoms with E-state index in [2.05, 4.69) is 20.9 Å². The maximum atomic E-state index is 10.4. The van der Waals surface area contributed by atoms with Crippen LogP contribution in [-0.4, -0.2) is 21.3 Å². The zero-order valence-electron chi connectivity index (χ0n) is 6.92. The van der Waals surface area contributed by atoms with E-state index in [1.165, 1.54) is 23.7 Å². The molecule has 1 aromatic rings. The number of carbonyl (C=O) groups is 1. The van der Waals surface area contributed by atoms with Crippen molar-refractivity contribution in [3.05, 3.63) is 34.5 Å². The number of alkyl halides is 1. The van der Waals surface area contributed by atoms with Gasteiger partial charge >= 0.3 is 5.97 Å². The van der Waals surface area contributed by atoms with Gasteiger partial charge in [0.1, 0.15) is 0 Å². The molecule has 0 aliphatic carbocycles. The lowest BCUT2D eigenvalue weighted by molar-refractivity contribution is 0.0696. The second-order valence-electron chi connectivity index (χ2n) is 2.06. The van der Waals surface area contributed by atoms with Crippen molar-refractivity contribution < 1.29 is 15.1 Å². The van der Waals surface area contributed by atoms with Crippen LogP contribution in [0.3, 0.4) is 0 Å². The molecular formula is C7H7BrN2O4. The number of carboxylic acids is 1. The van der Waals surface area contributed by atoms with Crippen molar-refractivity contribution in [3.63, 3.8) is 0 Å². The molecule has 2 N–H and O–H groups in total. The van der Waals surface area contributed by atoms with Crippen LogP contribution in [0.15, 0.2) is 23.7 Å². The number of aromatic carboxylic acids is 1. The summed E-state index contributed by atoms with van der Waals surface area (Å²) in [7, 11) is 0. The van der Waals surface area contributed by atoms with Crippen LogP contribution in [0.1, 0.15) is 16.1 Å². The van der Waals surface area contributed by atoms with Crippen molar-refractivity contribution in [2.24, 2.45) is 5.34 Å². The molecule has 0 aliphatic rings. The molecule has 0 spiro atoms. The molecule has 0 amide bonds. The molecule has 1 aromatic heterocycles. The minimum Gasteiger partial charge on any atom is -0.478 e. The fourth-order valence-electron chi connectivity index (χ4n) is 0.684. The molecule has 6 nitrogen and oxygen atoms in total. The van der Waals surface area contributed by atoms with Crippen molar-refractivity contribution in [2.75, 3.05) is 0 Å². The maximum Gasteiger partial charge on any atom is 0.335 e. The average molecular weight is 263 g/mol. The zero-order valence-corrected chi connectivity index (χ0v) is 8.51. The lowest BCUT2D eigenvalue weighted by Crippen LogP contribution is -1.97. The predicted octanol–water partition coefficient (Wildman–Crippen LogP) is 1.82. The highest BCUT2D eigenvalue weighted by Gasteiger charge is 2.02. The van der Waals surface area contributed by atoms with Crippen LogP contribution < -0.4 is 0 Å². The van der Waals surface area contributed by atoms with Crippen molar-refractivity contribution >= 4 is 21.9 Å². The topological polar surface area (TPSA) is 99.8 Å². The van der Waals surface area contributed by atoms with Crippen molar-refractivity contribution in [3.8, 4) is 0 Å². The zero-order chi connectivity index (χ0) is 11.0. The van der Waals surface area contributed by atoms with Crippen LogP contribution >= 0.6 is 15.9 Å². The number of halogens is 1. The number of carboxylic acid groups (broad SMARTS) is 1. The minimum atomic E-state index is -0.922. The van der Waals surface area contributed by atoms with Crippen LogP contribution in [0.25, 0.3) is 0 Å². The maximum absolute atomic E-state index is 10.4. The molecule has 0 fully saturated rings. The van der Waals surface area contributed by atoms with Gasteiger partial charge in [0, 0.05) is 11.5 Å². The van der Waals surface area contributed by atoms with Crippen LogP contribution in [0.2, 0.25) is 0 Å². The average Bonchev–Trinajstić information content (AvgIpc) is 2.19. The molecule has 14 heavy (non-hydrogen) atoms. The van der Waals surface area contributed by atoms with Crippen LogP contribution in [-0.2, 0) is 5.33 Å². The third kappa shape index (κ3) is 4.51. The lowest BCUT2D eigenvalue weighted by Gasteiger charge is -1.95. The van der Waals surface area contributed by atoms with Gasteiger partial charge in [-0.1, -0.05) is 15.9 Å². The normalized spacial score (nSPS) is 8.36. The predicted molar refractivity (Wildman–Crippen MR) is 51.4 cm³/mol. The number of pyridine rings is 1. The SMILES string of the molecule is O=C(O)c1ccnc(CBr)c1.O=NO. The number of hydrogen-bond donors (Lipinski definition) is 2. The Bertz CT molecular complexity index is 318. The molecule has 0 bridgehead atoms. The standard InChI is InChI=1S/C7H6BrNO2.HNO2/c8-4-6-3-5(7(10)11)1-2-9-6;2-1-3/h1-3H,4H2,(H,10,11);(H,2,3). The highest BCUT2D eigenvalue weighted by Crippen LogP contribution is 2.04. The van der Waals surface area contributed by atoms with E-state index in [9.17, 15) is 4.79 Å². The van der Waals surface area contributed by atoms with Gasteiger partial charge < -0.3 is 10.3 Å². The van der Waals surface area contributed by atoms with Gasteiger partial charge in [0.25, 0.3) is 0 Å². The van der Waals surface area contributed by atoms with Crippen LogP contribution in [0, 0.1) is 4.91 Å². The Morgan fingerprint density at radius 3 is 2.64 bits per heavy atom. The highest BCUT2D eigenvalue weighted by molar-refractivity contribution is 9.08. The summed E-state index contributed by atoms with van der Waals surface area (Å²) in [4.78, 5) is 22.5. The Kier molecular flexibility index (Phi) is 6.21. The van der Waals surface area contributed by atoms with E-state index >= 15 is 0 Å². The van der Waals surface area contributed by atoms with Gasteiger partial charge in [-0.15, -0.1) is 4.91 Å². The Morgan fingerprint density at radius 1 is 1.64 bits per heavy atom. The summed E-state index contributed by atoms with van der Waals surface area (Å²) >= 11 is 3.19. The fraction of sp³-hybridized carbons (Fsp3) is 0.143. The summed E-state index contributed by atoms with van der Waals surface area (Å²) < 4.78 is 0. The number of nitrogens with zero attached hydrogens (tertiary/aromatic N) is 2. The fourth-order valence-corrected chi connectivity index (χ4v) is 0.991. The summed E-state index contributed by atoms with van der Waals surface area (Å²) in [5.41, 5.74) is 0.999. The third-order valence-electron chi connectivity index (χ3n) is 1.20. The summed E-state index contributed by atoms with van der Waals surface area (Å²) in [6.07, 6.45) is 1.49. The molecule has 7 heteroatoms. The summed E-state index contributed by atoms with van der Waals surface area (Å²) in [5, 5.41) is 17.0. The van der Waals surface area contributed by atoms with Gasteiger partial charge in [0.2, 0.25) is 0 Å². The number of rotatable bonds is 2. The van der Waals surface area contributed by atoms with Gasteiger partial charge in [-0.05, 0) is 12.1 Å². The molecule has 0 saturated carbocycles. The highest BCUT2D eigenvalue weighted by atomic mass is 79.9. The quantitative estimate of drug-likeness (QED) is 0.481. The van der Waals surface area contributed by atoms with E-state index in [1.807, 2.05) is 0 Å². The van der Waals surface area contributed by atoms with Gasteiger partial charge in [-0.2, -0.15) is 0 Å². The molecule has 1 heterocycles. The van der Waals surface area contributed by atoms with E-state index in [1.54, 1.807) is 0 Å². The lowest BCUT2D eigenvalue weighted by atomic mass is 10.2. The minimum absolute atomic E-state index is 0.273. The van der Waals surface area contributed by atoms with Gasteiger partial charge in [-0.25, -0.2) is 4.79 Å². The Morgan fingerprint density at radius 2 is 2.21 bits per heavy atom. The van der Waals surface area contributed by atoms with Crippen molar-refractivity contribution in [2.45, 2.75) is 5.33 Å². The van der Waals surface area contributed by atoms with E-state index < -0.39 is 5.97 Å². The van der Waals surface area contributed by atoms with Crippen molar-refractivity contribution in [1.82, 2.24) is 4.98 Å². The molecule has 76 valence electrons. The second-order valence-corrected chi connectivity index (χ2v) is 2.62. The van der Waals surface area contributed by atoms with Gasteiger partial charge in [0.05, 0.1) is 11.3 Å². The first kappa shape index (κ1) is 12.5. The van der Waals surface area contributed by atoms with Gasteiger partial charge in [-0.3, -0.25) is 4.98 Å². The van der Waals surface area contributed by atoms with Crippen LogP contribution in [0.5, 0.6) is 0 Å². The molecule has 0 aromatic carbocycles. The first-order valence-electron chi connectivity index (χ1n) is 3.36. The molecule has 1 rings (SSSR count). The summed E-state index contributed by atoms with van der Waals surface area (Å²) in [5.74, 6) is -0.922. The van der Waals surface area contributed by atoms with Crippen molar-refractivity contribution in [1.29, 1.82) is 0 Å². The number of hydrogen-bond acceptors (Lipinski definition) is 4. The monoisotopic (exact) mass is 262 g/mol. The smallest absolute Gasteiger partial charge is 0.335 e. The Balaban J connectivity index is 0.000000500. The number of aromatic nitrogens is 1. The molecule has 0 aliphatic heterocycles. The first-order chi connectivity index (χ1) is 6.65. The molecule has 0 atom stereocenters. The van der Waals surface area contributed by atoms with Crippen LogP contribution in [0.4, 0.5) is 0 Å². The molecule has 0 unspecified atom stereocenters. The Hall–Kier alpha value is -1.50. The first-order valence-corrected chi connectivity index (χ1v) is 4.48. The largest absolute Gasteiger partial charge is 0.478 e. The van der Waals surface area contributed by atoms with E-state index in [0.29, 0.717) is 5.33 Å². The van der Waals surface area contributed by atoms with E-state index in [0.717, 1.165) is 5.69 Å². The van der Waals surface area contributed by atoms with Gasteiger partial charge in [0.15, 0.2) is 5.34 Å². The van der Waals surface area contributed by atoms with E-state index in [4.69, 9.17) is 15.2 Å². The summed E-state index contributed by atoms with van der Waals surface area (Å²) in [6, 6.07) is 3.01. The molecular weight excluding hydrogens is 256 g/mol. The molecule has 0 radical (unpaired) electrons. The Labute approximate surface area is 87.7 Å². The third-order valence-corrected chi connectivity index (χ3v) is 1.77. The second kappa shape index (κ2) is 6.96. The molecule has 0 saturated heterocycles. The van der Waals surface area contributed by atoms with E-state index in [-0.39, 0.29) is 5.56 Å².